The number of furan rings is 1. The van der Waals surface area contributed by atoms with Crippen LogP contribution >= 0.6 is 0 Å². The molecule has 2 aromatic rings. The molecule has 1 aliphatic rings. The Balaban J connectivity index is 0.00000156. The number of urea groups is 1. The fraction of sp³-hybridized carbons (Fsp3) is 0.0714. The van der Waals surface area contributed by atoms with E-state index >= 15 is 0 Å². The first-order valence-electron chi connectivity index (χ1n) is 6.54. The van der Waals surface area contributed by atoms with Crippen molar-refractivity contribution in [3.8, 4) is 11.3 Å². The number of nitrogens with one attached hydrogen (secondary N) is 1. The minimum atomic E-state index is -0.589. The number of hydrogen-bond acceptors (Lipinski definition) is 6. The van der Waals surface area contributed by atoms with Gasteiger partial charge in [0.2, 0.25) is 0 Å². The third-order valence-electron chi connectivity index (χ3n) is 3.11. The smallest absolute Gasteiger partial charge is 1.00 e. The van der Waals surface area contributed by atoms with Crippen LogP contribution in [0.25, 0.3) is 11.3 Å². The molecule has 0 radical (unpaired) electrons. The Hall–Kier alpha value is -2.49. The van der Waals surface area contributed by atoms with E-state index in [0.717, 1.165) is 0 Å². The quantitative estimate of drug-likeness (QED) is 0.248. The Bertz CT molecular complexity index is 805. The van der Waals surface area contributed by atoms with Crippen LogP contribution in [0.3, 0.4) is 0 Å². The molecule has 1 aromatic carbocycles. The van der Waals surface area contributed by atoms with Crippen LogP contribution in [-0.2, 0) is 4.79 Å². The molecule has 3 amide bonds. The van der Waals surface area contributed by atoms with Crippen LogP contribution in [0, 0.1) is 10.1 Å². The zero-order valence-corrected chi connectivity index (χ0v) is 14.6. The number of imide groups is 1. The zero-order chi connectivity index (χ0) is 16.4. The van der Waals surface area contributed by atoms with Crippen LogP contribution in [0.4, 0.5) is 10.5 Å². The molecule has 1 aromatic heterocycles. The Labute approximate surface area is 159 Å². The first-order chi connectivity index (χ1) is 11.0. The standard InChI is InChI=1S/C14H10N4O5.Na.H/c19-13-8-15-14(20)17(13)16-7-11-5-6-12(23-11)9-1-3-10(4-2-9)18(21)22;;/h1-7H,8H2,(H,15,20);;/q;+1;-1. The summed E-state index contributed by atoms with van der Waals surface area (Å²) in [7, 11) is 0. The summed E-state index contributed by atoms with van der Waals surface area (Å²) < 4.78 is 5.51. The van der Waals surface area contributed by atoms with E-state index in [9.17, 15) is 19.7 Å². The van der Waals surface area contributed by atoms with Gasteiger partial charge < -0.3 is 11.2 Å². The zero-order valence-electron chi connectivity index (χ0n) is 13.6. The molecule has 1 N–H and O–H groups in total. The van der Waals surface area contributed by atoms with Gasteiger partial charge in [0.15, 0.2) is 0 Å². The van der Waals surface area contributed by atoms with Gasteiger partial charge in [-0.05, 0) is 24.3 Å². The number of hydrogen-bond donors (Lipinski definition) is 1. The number of hydrazone groups is 1. The van der Waals surface area contributed by atoms with Gasteiger partial charge in [-0.3, -0.25) is 14.9 Å². The summed E-state index contributed by atoms with van der Waals surface area (Å²) in [6.07, 6.45) is 1.25. The molecule has 0 spiro atoms. The van der Waals surface area contributed by atoms with Crippen molar-refractivity contribution in [1.82, 2.24) is 10.3 Å². The average Bonchev–Trinajstić information content (AvgIpc) is 3.13. The van der Waals surface area contributed by atoms with Gasteiger partial charge in [0, 0.05) is 17.7 Å². The van der Waals surface area contributed by atoms with Crippen molar-refractivity contribution in [3.63, 3.8) is 0 Å². The maximum atomic E-state index is 11.4. The van der Waals surface area contributed by atoms with Crippen molar-refractivity contribution in [2.75, 3.05) is 6.54 Å². The van der Waals surface area contributed by atoms with E-state index in [1.165, 1.54) is 18.3 Å². The molecule has 9 nitrogen and oxygen atoms in total. The van der Waals surface area contributed by atoms with E-state index in [1.54, 1.807) is 24.3 Å². The second kappa shape index (κ2) is 7.39. The number of amides is 3. The summed E-state index contributed by atoms with van der Waals surface area (Å²) in [6, 6.07) is 8.56. The van der Waals surface area contributed by atoms with Crippen molar-refractivity contribution in [2.24, 2.45) is 5.10 Å². The second-order valence-electron chi connectivity index (χ2n) is 4.61. The predicted molar refractivity (Wildman–Crippen MR) is 79.7 cm³/mol. The largest absolute Gasteiger partial charge is 1.00 e. The Morgan fingerprint density at radius 1 is 1.25 bits per heavy atom. The van der Waals surface area contributed by atoms with Crippen LogP contribution in [0.2, 0.25) is 0 Å². The van der Waals surface area contributed by atoms with Gasteiger partial charge in [0.05, 0.1) is 11.1 Å². The van der Waals surface area contributed by atoms with Crippen molar-refractivity contribution in [2.45, 2.75) is 0 Å². The molecule has 24 heavy (non-hydrogen) atoms. The van der Waals surface area contributed by atoms with Gasteiger partial charge in [-0.2, -0.15) is 5.10 Å². The summed E-state index contributed by atoms with van der Waals surface area (Å²) in [5.74, 6) is 0.373. The predicted octanol–water partition coefficient (Wildman–Crippen LogP) is -1.14. The molecular weight excluding hydrogens is 327 g/mol. The van der Waals surface area contributed by atoms with E-state index in [4.69, 9.17) is 4.42 Å². The van der Waals surface area contributed by atoms with E-state index in [2.05, 4.69) is 10.4 Å². The van der Waals surface area contributed by atoms with Gasteiger partial charge in [-0.15, -0.1) is 5.01 Å². The summed E-state index contributed by atoms with van der Waals surface area (Å²) in [4.78, 5) is 32.8. The number of nitro benzene ring substituents is 1. The number of nitro groups is 1. The number of non-ortho nitro benzene ring substituents is 1. The van der Waals surface area contributed by atoms with Crippen molar-refractivity contribution in [3.05, 3.63) is 52.3 Å². The van der Waals surface area contributed by atoms with Crippen LogP contribution < -0.4 is 34.9 Å². The second-order valence-corrected chi connectivity index (χ2v) is 4.61. The number of rotatable bonds is 4. The van der Waals surface area contributed by atoms with E-state index < -0.39 is 16.9 Å². The summed E-state index contributed by atoms with van der Waals surface area (Å²) in [5, 5.41) is 17.4. The Morgan fingerprint density at radius 2 is 1.96 bits per heavy atom. The molecule has 0 atom stereocenters. The summed E-state index contributed by atoms with van der Waals surface area (Å²) in [5.41, 5.74) is 0.644. The molecule has 3 rings (SSSR count). The molecular formula is C14H11N4NaO5. The first kappa shape index (κ1) is 17.9. The minimum Gasteiger partial charge on any atom is -1.00 e. The van der Waals surface area contributed by atoms with Gasteiger partial charge in [-0.1, -0.05) is 0 Å². The summed E-state index contributed by atoms with van der Waals surface area (Å²) in [6.45, 7) is -0.0810. The van der Waals surface area contributed by atoms with E-state index in [0.29, 0.717) is 22.1 Å². The molecule has 0 aliphatic carbocycles. The van der Waals surface area contributed by atoms with E-state index in [-0.39, 0.29) is 43.2 Å². The Kier molecular flexibility index (Phi) is 5.50. The number of benzene rings is 1. The fourth-order valence-electron chi connectivity index (χ4n) is 1.97. The molecule has 10 heteroatoms. The molecule has 118 valence electrons. The van der Waals surface area contributed by atoms with Gasteiger partial charge in [-0.25, -0.2) is 4.79 Å². The molecule has 0 saturated carbocycles. The van der Waals surface area contributed by atoms with Gasteiger partial charge in [0.1, 0.15) is 18.1 Å². The van der Waals surface area contributed by atoms with Gasteiger partial charge >= 0.3 is 35.6 Å². The van der Waals surface area contributed by atoms with Crippen molar-refractivity contribution >= 4 is 23.8 Å². The molecule has 2 heterocycles. The third kappa shape index (κ3) is 3.70. The molecule has 0 unspecified atom stereocenters. The van der Waals surface area contributed by atoms with Gasteiger partial charge in [0.25, 0.3) is 11.6 Å². The van der Waals surface area contributed by atoms with E-state index in [1.807, 2.05) is 0 Å². The third-order valence-corrected chi connectivity index (χ3v) is 3.11. The normalized spacial score (nSPS) is 13.9. The van der Waals surface area contributed by atoms with Crippen molar-refractivity contribution in [1.29, 1.82) is 0 Å². The summed E-state index contributed by atoms with van der Waals surface area (Å²) >= 11 is 0. The molecule has 0 bridgehead atoms. The average molecular weight is 338 g/mol. The molecule has 1 saturated heterocycles. The SMILES string of the molecule is O=C1CNC(=O)N1N=Cc1ccc(-c2ccc([N+](=O)[O-])cc2)o1.[H-].[Na+]. The maximum absolute atomic E-state index is 11.4. The molecule has 1 aliphatic heterocycles. The minimum absolute atomic E-state index is 0. The maximum Gasteiger partial charge on any atom is 1.00 e. The Morgan fingerprint density at radius 3 is 2.54 bits per heavy atom. The number of carbonyl (C=O) groups excluding carboxylic acids is 2. The number of carbonyl (C=O) groups is 2. The molecule has 1 fully saturated rings. The first-order valence-corrected chi connectivity index (χ1v) is 6.54. The van der Waals surface area contributed by atoms with Crippen LogP contribution in [0.1, 0.15) is 7.19 Å². The monoisotopic (exact) mass is 338 g/mol. The van der Waals surface area contributed by atoms with Crippen LogP contribution in [0.15, 0.2) is 45.9 Å². The number of nitrogens with zero attached hydrogens (tertiary/aromatic N) is 3. The van der Waals surface area contributed by atoms with Crippen LogP contribution in [0.5, 0.6) is 0 Å². The van der Waals surface area contributed by atoms with Crippen molar-refractivity contribution < 1.29 is 49.9 Å². The fourth-order valence-corrected chi connectivity index (χ4v) is 1.97. The topological polar surface area (TPSA) is 118 Å². The van der Waals surface area contributed by atoms with Crippen LogP contribution in [-0.4, -0.2) is 34.6 Å².